The van der Waals surface area contributed by atoms with Crippen LogP contribution in [0, 0.1) is 6.92 Å². The van der Waals surface area contributed by atoms with Crippen LogP contribution in [0.15, 0.2) is 35.8 Å². The number of hydrogen-bond acceptors (Lipinski definition) is 3. The Labute approximate surface area is 93.6 Å². The summed E-state index contributed by atoms with van der Waals surface area (Å²) < 4.78 is 5.53. The first-order valence-corrected chi connectivity index (χ1v) is 5.68. The van der Waals surface area contributed by atoms with Gasteiger partial charge in [0.2, 0.25) is 0 Å². The molecule has 0 N–H and O–H groups in total. The molecular formula is C12H13NOS. The fourth-order valence-corrected chi connectivity index (χ4v) is 2.49. The van der Waals surface area contributed by atoms with E-state index in [0.29, 0.717) is 0 Å². The van der Waals surface area contributed by atoms with Crippen molar-refractivity contribution in [3.8, 4) is 0 Å². The van der Waals surface area contributed by atoms with Gasteiger partial charge in [-0.25, -0.2) is 4.98 Å². The van der Waals surface area contributed by atoms with Gasteiger partial charge in [-0.15, -0.1) is 11.3 Å². The number of ether oxygens (including phenoxy) is 1. The Kier molecular flexibility index (Phi) is 3.14. The van der Waals surface area contributed by atoms with Gasteiger partial charge in [0, 0.05) is 7.11 Å². The lowest BCUT2D eigenvalue weighted by atomic mass is 10.1. The molecule has 78 valence electrons. The monoisotopic (exact) mass is 219 g/mol. The minimum absolute atomic E-state index is 0.0127. The van der Waals surface area contributed by atoms with Gasteiger partial charge in [-0.3, -0.25) is 0 Å². The maximum atomic E-state index is 5.53. The Balaban J connectivity index is 2.37. The molecule has 0 saturated carbocycles. The molecule has 0 saturated heterocycles. The summed E-state index contributed by atoms with van der Waals surface area (Å²) in [4.78, 5) is 5.43. The maximum Gasteiger partial charge on any atom is 0.118 e. The van der Waals surface area contributed by atoms with Crippen LogP contribution in [-0.4, -0.2) is 12.1 Å². The third kappa shape index (κ3) is 2.08. The summed E-state index contributed by atoms with van der Waals surface area (Å²) in [5, 5.41) is 0. The van der Waals surface area contributed by atoms with E-state index in [1.165, 1.54) is 10.4 Å². The van der Waals surface area contributed by atoms with Gasteiger partial charge in [0.05, 0.1) is 16.1 Å². The van der Waals surface area contributed by atoms with Gasteiger partial charge in [0.15, 0.2) is 0 Å². The summed E-state index contributed by atoms with van der Waals surface area (Å²) in [6, 6.07) is 10.2. The van der Waals surface area contributed by atoms with E-state index < -0.39 is 0 Å². The van der Waals surface area contributed by atoms with Crippen molar-refractivity contribution in [1.29, 1.82) is 0 Å². The summed E-state index contributed by atoms with van der Waals surface area (Å²) in [7, 11) is 1.73. The van der Waals surface area contributed by atoms with Crippen molar-refractivity contribution >= 4 is 11.3 Å². The molecule has 3 heteroatoms. The fourth-order valence-electron chi connectivity index (χ4n) is 1.58. The van der Waals surface area contributed by atoms with E-state index in [9.17, 15) is 0 Å². The Hall–Kier alpha value is -1.19. The minimum atomic E-state index is 0.0127. The number of rotatable bonds is 3. The predicted molar refractivity (Wildman–Crippen MR) is 62.1 cm³/mol. The highest BCUT2D eigenvalue weighted by Gasteiger charge is 2.16. The van der Waals surface area contributed by atoms with Gasteiger partial charge in [-0.05, 0) is 12.5 Å². The molecule has 0 amide bonds. The lowest BCUT2D eigenvalue weighted by Gasteiger charge is -2.14. The number of aryl methyl sites for hydroxylation is 1. The molecule has 0 aliphatic carbocycles. The van der Waals surface area contributed by atoms with Crippen molar-refractivity contribution in [1.82, 2.24) is 4.98 Å². The van der Waals surface area contributed by atoms with E-state index >= 15 is 0 Å². The normalized spacial score (nSPS) is 12.7. The molecule has 0 aliphatic heterocycles. The van der Waals surface area contributed by atoms with Gasteiger partial charge in [-0.1, -0.05) is 30.3 Å². The van der Waals surface area contributed by atoms with Gasteiger partial charge in [0.25, 0.3) is 0 Å². The number of nitrogens with zero attached hydrogens (tertiary/aromatic N) is 1. The summed E-state index contributed by atoms with van der Waals surface area (Å²) in [6.45, 7) is 2.01. The van der Waals surface area contributed by atoms with E-state index in [1.807, 2.05) is 30.6 Å². The Morgan fingerprint density at radius 3 is 2.53 bits per heavy atom. The second kappa shape index (κ2) is 4.55. The average molecular weight is 219 g/mol. The summed E-state index contributed by atoms with van der Waals surface area (Å²) in [5.74, 6) is 0. The topological polar surface area (TPSA) is 22.1 Å². The van der Waals surface area contributed by atoms with Crippen LogP contribution in [0.4, 0.5) is 0 Å². The van der Waals surface area contributed by atoms with Crippen molar-refractivity contribution in [2.75, 3.05) is 7.11 Å². The Bertz CT molecular complexity index is 424. The zero-order chi connectivity index (χ0) is 10.7. The highest BCUT2D eigenvalue weighted by molar-refractivity contribution is 7.09. The lowest BCUT2D eigenvalue weighted by Crippen LogP contribution is -2.02. The molecule has 0 radical (unpaired) electrons. The molecule has 1 heterocycles. The summed E-state index contributed by atoms with van der Waals surface area (Å²) in [6.07, 6.45) is 0.0127. The first kappa shape index (κ1) is 10.3. The van der Waals surface area contributed by atoms with Crippen LogP contribution in [0.25, 0.3) is 0 Å². The highest BCUT2D eigenvalue weighted by Crippen LogP contribution is 2.30. The van der Waals surface area contributed by atoms with Crippen LogP contribution in [0.5, 0.6) is 0 Å². The van der Waals surface area contributed by atoms with Crippen molar-refractivity contribution < 1.29 is 4.74 Å². The number of aromatic nitrogens is 1. The summed E-state index contributed by atoms with van der Waals surface area (Å²) >= 11 is 1.64. The molecule has 0 spiro atoms. The minimum Gasteiger partial charge on any atom is -0.371 e. The molecule has 1 atom stereocenters. The molecule has 1 aromatic carbocycles. The number of benzene rings is 1. The van der Waals surface area contributed by atoms with Crippen LogP contribution >= 0.6 is 11.3 Å². The molecule has 2 aromatic rings. The molecule has 0 aliphatic rings. The first-order chi connectivity index (χ1) is 7.33. The van der Waals surface area contributed by atoms with E-state index in [-0.39, 0.29) is 6.10 Å². The molecule has 2 nitrogen and oxygen atoms in total. The number of thiazole rings is 1. The van der Waals surface area contributed by atoms with E-state index in [0.717, 1.165) is 5.69 Å². The molecular weight excluding hydrogens is 206 g/mol. The van der Waals surface area contributed by atoms with Gasteiger partial charge in [0.1, 0.15) is 6.10 Å². The van der Waals surface area contributed by atoms with E-state index in [2.05, 4.69) is 17.1 Å². The average Bonchev–Trinajstić information content (AvgIpc) is 2.68. The first-order valence-electron chi connectivity index (χ1n) is 4.80. The molecule has 1 aromatic heterocycles. The number of methoxy groups -OCH3 is 1. The third-order valence-electron chi connectivity index (χ3n) is 2.36. The number of hydrogen-bond donors (Lipinski definition) is 0. The molecule has 0 bridgehead atoms. The smallest absolute Gasteiger partial charge is 0.118 e. The van der Waals surface area contributed by atoms with Crippen molar-refractivity contribution in [2.24, 2.45) is 0 Å². The molecule has 0 fully saturated rings. The van der Waals surface area contributed by atoms with Crippen molar-refractivity contribution in [3.05, 3.63) is 52.0 Å². The molecule has 15 heavy (non-hydrogen) atoms. The van der Waals surface area contributed by atoms with Crippen LogP contribution in [0.1, 0.15) is 22.2 Å². The highest BCUT2D eigenvalue weighted by atomic mass is 32.1. The zero-order valence-electron chi connectivity index (χ0n) is 8.81. The summed E-state index contributed by atoms with van der Waals surface area (Å²) in [5.41, 5.74) is 4.09. The maximum absolute atomic E-state index is 5.53. The lowest BCUT2D eigenvalue weighted by molar-refractivity contribution is 0.138. The van der Waals surface area contributed by atoms with Gasteiger partial charge in [-0.2, -0.15) is 0 Å². The van der Waals surface area contributed by atoms with Crippen LogP contribution < -0.4 is 0 Å². The Morgan fingerprint density at radius 2 is 2.00 bits per heavy atom. The van der Waals surface area contributed by atoms with Gasteiger partial charge < -0.3 is 4.74 Å². The SMILES string of the molecule is CO[C@H](c1ccccc1)c1scnc1C. The van der Waals surface area contributed by atoms with Crippen LogP contribution in [0.3, 0.4) is 0 Å². The van der Waals surface area contributed by atoms with Crippen LogP contribution in [0.2, 0.25) is 0 Å². The second-order valence-corrected chi connectivity index (χ2v) is 4.21. The van der Waals surface area contributed by atoms with Crippen molar-refractivity contribution in [2.45, 2.75) is 13.0 Å². The molecule has 0 unspecified atom stereocenters. The third-order valence-corrected chi connectivity index (χ3v) is 3.33. The van der Waals surface area contributed by atoms with Crippen molar-refractivity contribution in [3.63, 3.8) is 0 Å². The fraction of sp³-hybridized carbons (Fsp3) is 0.250. The standard InChI is InChI=1S/C12H13NOS/c1-9-12(15-8-13-9)11(14-2)10-6-4-3-5-7-10/h3-8,11H,1-2H3/t11-/m1/s1. The zero-order valence-corrected chi connectivity index (χ0v) is 9.62. The van der Waals surface area contributed by atoms with Crippen LogP contribution in [-0.2, 0) is 4.74 Å². The molecule has 2 rings (SSSR count). The predicted octanol–water partition coefficient (Wildman–Crippen LogP) is 3.19. The van der Waals surface area contributed by atoms with E-state index in [4.69, 9.17) is 4.74 Å². The van der Waals surface area contributed by atoms with Gasteiger partial charge >= 0.3 is 0 Å². The quantitative estimate of drug-likeness (QED) is 0.791. The van der Waals surface area contributed by atoms with E-state index in [1.54, 1.807) is 18.4 Å². The second-order valence-electron chi connectivity index (χ2n) is 3.33. The Morgan fingerprint density at radius 1 is 1.27 bits per heavy atom. The largest absolute Gasteiger partial charge is 0.371 e.